The van der Waals surface area contributed by atoms with Crippen molar-refractivity contribution in [2.24, 2.45) is 0 Å². The quantitative estimate of drug-likeness (QED) is 0.611. The fourth-order valence-corrected chi connectivity index (χ4v) is 2.55. The Hall–Kier alpha value is -1.53. The van der Waals surface area contributed by atoms with Crippen LogP contribution in [0.4, 0.5) is 0 Å². The predicted octanol–water partition coefficient (Wildman–Crippen LogP) is 2.24. The van der Waals surface area contributed by atoms with Crippen molar-refractivity contribution < 1.29 is 23.6 Å². The Morgan fingerprint density at radius 3 is 2.38 bits per heavy atom. The lowest BCUT2D eigenvalue weighted by Gasteiger charge is -2.32. The van der Waals surface area contributed by atoms with Gasteiger partial charge in [-0.05, 0) is 52.1 Å². The third kappa shape index (κ3) is 3.45. The summed E-state index contributed by atoms with van der Waals surface area (Å²) in [4.78, 5) is 11.6. The number of hydrogen-bond donors (Lipinski definition) is 0. The molecule has 0 N–H and O–H groups in total. The van der Waals surface area contributed by atoms with Crippen LogP contribution in [-0.2, 0) is 25.3 Å². The molecule has 0 radical (unpaired) electrons. The number of ether oxygens (including phenoxy) is 2. The van der Waals surface area contributed by atoms with Crippen LogP contribution in [0.3, 0.4) is 0 Å². The number of methoxy groups -OCH3 is 1. The lowest BCUT2D eigenvalue weighted by molar-refractivity contribution is -0.139. The first-order valence-corrected chi connectivity index (χ1v) is 8.44. The maximum Gasteiger partial charge on any atom is 0.494 e. The van der Waals surface area contributed by atoms with Gasteiger partial charge in [-0.25, -0.2) is 0 Å². The van der Waals surface area contributed by atoms with Crippen molar-refractivity contribution in [1.82, 2.24) is 0 Å². The van der Waals surface area contributed by atoms with E-state index in [1.165, 1.54) is 7.11 Å². The molecule has 1 saturated heterocycles. The summed E-state index contributed by atoms with van der Waals surface area (Å²) >= 11 is 0. The van der Waals surface area contributed by atoms with Gasteiger partial charge in [-0.3, -0.25) is 4.79 Å². The minimum Gasteiger partial charge on any atom is -0.490 e. The van der Waals surface area contributed by atoms with Crippen LogP contribution in [-0.4, -0.2) is 37.5 Å². The number of esters is 1. The molecule has 1 aromatic carbocycles. The Morgan fingerprint density at radius 1 is 1.21 bits per heavy atom. The van der Waals surface area contributed by atoms with Crippen molar-refractivity contribution in [2.75, 3.05) is 7.11 Å². The maximum atomic E-state index is 11.6. The van der Waals surface area contributed by atoms with E-state index in [0.29, 0.717) is 0 Å². The summed E-state index contributed by atoms with van der Waals surface area (Å²) in [5.74, 6) is 0.439. The van der Waals surface area contributed by atoms with Crippen molar-refractivity contribution >= 4 is 18.6 Å². The number of carbonyl (C=O) groups is 1. The molecule has 2 aliphatic rings. The van der Waals surface area contributed by atoms with Gasteiger partial charge in [0.2, 0.25) is 0 Å². The Labute approximate surface area is 143 Å². The number of rotatable bonds is 5. The third-order valence-electron chi connectivity index (χ3n) is 5.00. The second kappa shape index (κ2) is 6.08. The highest BCUT2D eigenvalue weighted by Crippen LogP contribution is 2.37. The van der Waals surface area contributed by atoms with Crippen LogP contribution in [0.1, 0.15) is 46.1 Å². The van der Waals surface area contributed by atoms with Gasteiger partial charge in [0.05, 0.1) is 30.8 Å². The average Bonchev–Trinajstić information content (AvgIpc) is 3.27. The minimum atomic E-state index is -0.441. The van der Waals surface area contributed by atoms with Gasteiger partial charge in [0.1, 0.15) is 5.75 Å². The van der Waals surface area contributed by atoms with Gasteiger partial charge in [-0.1, -0.05) is 12.1 Å². The first kappa shape index (κ1) is 17.3. The monoisotopic (exact) mass is 332 g/mol. The summed E-state index contributed by atoms with van der Waals surface area (Å²) in [5.41, 5.74) is 0.951. The number of carbonyl (C=O) groups excluding carboxylic acids is 1. The Kier molecular flexibility index (Phi) is 4.38. The summed E-state index contributed by atoms with van der Waals surface area (Å²) in [5, 5.41) is 0. The van der Waals surface area contributed by atoms with E-state index in [1.54, 1.807) is 0 Å². The molecule has 24 heavy (non-hydrogen) atoms. The highest BCUT2D eigenvalue weighted by molar-refractivity contribution is 6.62. The molecule has 130 valence electrons. The molecule has 5 nitrogen and oxygen atoms in total. The van der Waals surface area contributed by atoms with Crippen LogP contribution in [0.15, 0.2) is 18.2 Å². The molecule has 1 aliphatic heterocycles. The van der Waals surface area contributed by atoms with Crippen LogP contribution >= 0.6 is 0 Å². The maximum absolute atomic E-state index is 11.6. The van der Waals surface area contributed by atoms with Crippen LogP contribution in [0.2, 0.25) is 0 Å². The molecule has 0 amide bonds. The van der Waals surface area contributed by atoms with Gasteiger partial charge in [0.15, 0.2) is 0 Å². The van der Waals surface area contributed by atoms with Gasteiger partial charge in [0, 0.05) is 5.56 Å². The molecule has 3 rings (SSSR count). The molecule has 0 spiro atoms. The lowest BCUT2D eigenvalue weighted by atomic mass is 9.78. The molecule has 1 aromatic rings. The van der Waals surface area contributed by atoms with Crippen LogP contribution in [0.5, 0.6) is 5.75 Å². The fourth-order valence-electron chi connectivity index (χ4n) is 2.55. The van der Waals surface area contributed by atoms with Gasteiger partial charge in [-0.15, -0.1) is 0 Å². The zero-order valence-electron chi connectivity index (χ0n) is 15.0. The van der Waals surface area contributed by atoms with Crippen molar-refractivity contribution in [2.45, 2.75) is 64.3 Å². The number of hydrogen-bond acceptors (Lipinski definition) is 5. The third-order valence-corrected chi connectivity index (χ3v) is 5.00. The largest absolute Gasteiger partial charge is 0.494 e. The molecule has 0 atom stereocenters. The molecular weight excluding hydrogens is 307 g/mol. The fraction of sp³-hybridized carbons (Fsp3) is 0.611. The van der Waals surface area contributed by atoms with E-state index in [9.17, 15) is 4.79 Å². The molecule has 0 unspecified atom stereocenters. The van der Waals surface area contributed by atoms with E-state index >= 15 is 0 Å². The standard InChI is InChI=1S/C18H25BO5/c1-17(2)18(3,4)24-19(23-17)13-7-6-12(10-16(20)21-5)15(11-13)22-14-8-9-14/h6-7,11,14H,8-10H2,1-5H3. The summed E-state index contributed by atoms with van der Waals surface area (Å²) in [6.45, 7) is 8.11. The van der Waals surface area contributed by atoms with Gasteiger partial charge < -0.3 is 18.8 Å². The average molecular weight is 332 g/mol. The smallest absolute Gasteiger partial charge is 0.490 e. The number of benzene rings is 1. The minimum absolute atomic E-state index is 0.197. The summed E-state index contributed by atoms with van der Waals surface area (Å²) < 4.78 is 23.0. The molecule has 1 saturated carbocycles. The highest BCUT2D eigenvalue weighted by atomic mass is 16.7. The normalized spacial score (nSPS) is 21.6. The molecule has 0 aromatic heterocycles. The molecule has 2 fully saturated rings. The molecule has 1 aliphatic carbocycles. The first-order valence-electron chi connectivity index (χ1n) is 8.44. The Bertz CT molecular complexity index is 620. The van der Waals surface area contributed by atoms with Crippen molar-refractivity contribution in [3.05, 3.63) is 23.8 Å². The lowest BCUT2D eigenvalue weighted by Crippen LogP contribution is -2.41. The zero-order chi connectivity index (χ0) is 17.5. The van der Waals surface area contributed by atoms with Crippen LogP contribution < -0.4 is 10.2 Å². The summed E-state index contributed by atoms with van der Waals surface area (Å²) in [6, 6.07) is 5.76. The van der Waals surface area contributed by atoms with E-state index in [4.69, 9.17) is 18.8 Å². The Balaban J connectivity index is 1.85. The van der Waals surface area contributed by atoms with E-state index in [1.807, 2.05) is 45.9 Å². The van der Waals surface area contributed by atoms with E-state index in [0.717, 1.165) is 29.6 Å². The molecule has 6 heteroatoms. The predicted molar refractivity (Wildman–Crippen MR) is 91.5 cm³/mol. The highest BCUT2D eigenvalue weighted by Gasteiger charge is 2.51. The van der Waals surface area contributed by atoms with E-state index in [-0.39, 0.29) is 29.7 Å². The molecule has 0 bridgehead atoms. The van der Waals surface area contributed by atoms with E-state index in [2.05, 4.69) is 0 Å². The SMILES string of the molecule is COC(=O)Cc1ccc(B2OC(C)(C)C(C)(C)O2)cc1OC1CC1. The van der Waals surface area contributed by atoms with Crippen molar-refractivity contribution in [3.63, 3.8) is 0 Å². The van der Waals surface area contributed by atoms with Gasteiger partial charge in [0.25, 0.3) is 0 Å². The Morgan fingerprint density at radius 2 is 1.83 bits per heavy atom. The second-order valence-electron chi connectivity index (χ2n) is 7.53. The second-order valence-corrected chi connectivity index (χ2v) is 7.53. The van der Waals surface area contributed by atoms with E-state index < -0.39 is 7.12 Å². The first-order chi connectivity index (χ1) is 11.2. The van der Waals surface area contributed by atoms with Gasteiger partial charge in [-0.2, -0.15) is 0 Å². The van der Waals surface area contributed by atoms with Gasteiger partial charge >= 0.3 is 13.1 Å². The van der Waals surface area contributed by atoms with Crippen molar-refractivity contribution in [3.8, 4) is 5.75 Å². The topological polar surface area (TPSA) is 54.0 Å². The summed E-state index contributed by atoms with van der Waals surface area (Å²) in [6.07, 6.45) is 2.55. The summed E-state index contributed by atoms with van der Waals surface area (Å²) in [7, 11) is 0.950. The zero-order valence-corrected chi connectivity index (χ0v) is 15.0. The van der Waals surface area contributed by atoms with Crippen molar-refractivity contribution in [1.29, 1.82) is 0 Å². The molecular formula is C18H25BO5. The van der Waals surface area contributed by atoms with Crippen LogP contribution in [0, 0.1) is 0 Å². The molecule has 1 heterocycles. The van der Waals surface area contributed by atoms with Crippen LogP contribution in [0.25, 0.3) is 0 Å².